The molecular formula is C42H39FN10O3. The number of hydrogen-bond acceptors (Lipinski definition) is 10. The number of piperazine rings is 1. The van der Waals surface area contributed by atoms with Gasteiger partial charge in [0.15, 0.2) is 11.5 Å². The first-order valence-electron chi connectivity index (χ1n) is 18.3. The fraction of sp³-hybridized carbons (Fsp3) is 0.214. The van der Waals surface area contributed by atoms with Gasteiger partial charge in [-0.05, 0) is 67.9 Å². The summed E-state index contributed by atoms with van der Waals surface area (Å²) in [7, 11) is 0. The Hall–Kier alpha value is -6.80. The molecule has 0 atom stereocenters. The lowest BCUT2D eigenvalue weighted by Crippen LogP contribution is -2.49. The summed E-state index contributed by atoms with van der Waals surface area (Å²) in [5, 5.41) is 24.5. The van der Waals surface area contributed by atoms with Crippen molar-refractivity contribution in [2.75, 3.05) is 36.4 Å². The standard InChI is InChI=1S/C42H39FN10O3/c1-4-18-52-40(55)33-26-44-41(48-38(33)53(52)37-11-7-10-36(47-37)42(2,3)56)46-29-13-15-30(16-14-29)50-19-21-51(22-20-50)39(54)32-23-27(12-17-34(32)43)24-35-31-9-6-5-8-28(31)25-45-49-35/h4-17,23,25-26,56H,1,18-22,24H2,2-3H3,(H,44,46,48). The van der Waals surface area contributed by atoms with Crippen LogP contribution in [-0.2, 0) is 18.6 Å². The van der Waals surface area contributed by atoms with Crippen LogP contribution in [0.15, 0.2) is 115 Å². The number of aliphatic hydroxyl groups is 1. The summed E-state index contributed by atoms with van der Waals surface area (Å²) in [6, 6.07) is 25.5. The van der Waals surface area contributed by atoms with E-state index in [0.717, 1.165) is 33.4 Å². The van der Waals surface area contributed by atoms with Gasteiger partial charge in [0.25, 0.3) is 11.5 Å². The number of carbonyl (C=O) groups is 1. The van der Waals surface area contributed by atoms with Gasteiger partial charge < -0.3 is 20.2 Å². The third-order valence-electron chi connectivity index (χ3n) is 9.89. The average Bonchev–Trinajstić information content (AvgIpc) is 3.48. The van der Waals surface area contributed by atoms with Crippen LogP contribution in [0.3, 0.4) is 0 Å². The lowest BCUT2D eigenvalue weighted by Gasteiger charge is -2.36. The second kappa shape index (κ2) is 14.8. The Morgan fingerprint density at radius 2 is 1.73 bits per heavy atom. The zero-order valence-electron chi connectivity index (χ0n) is 30.9. The number of allylic oxidation sites excluding steroid dienone is 1. The van der Waals surface area contributed by atoms with Gasteiger partial charge in [0.05, 0.1) is 29.7 Å². The fourth-order valence-electron chi connectivity index (χ4n) is 6.97. The van der Waals surface area contributed by atoms with Crippen LogP contribution in [0.5, 0.6) is 0 Å². The zero-order valence-corrected chi connectivity index (χ0v) is 30.9. The molecule has 0 saturated carbocycles. The highest BCUT2D eigenvalue weighted by molar-refractivity contribution is 5.95. The number of carbonyl (C=O) groups excluding carboxylic acids is 1. The lowest BCUT2D eigenvalue weighted by molar-refractivity contribution is 0.0733. The van der Waals surface area contributed by atoms with Crippen LogP contribution in [0, 0.1) is 5.82 Å². The number of nitrogens with one attached hydrogen (secondary N) is 1. The molecule has 0 unspecified atom stereocenters. The number of hydrogen-bond donors (Lipinski definition) is 2. The van der Waals surface area contributed by atoms with Crippen molar-refractivity contribution < 1.29 is 14.3 Å². The van der Waals surface area contributed by atoms with Gasteiger partial charge in [-0.2, -0.15) is 15.2 Å². The molecule has 0 spiro atoms. The molecule has 1 fully saturated rings. The molecule has 14 heteroatoms. The van der Waals surface area contributed by atoms with E-state index in [1.807, 2.05) is 48.5 Å². The SMILES string of the molecule is C=CCn1c(=O)c2cnc(Nc3ccc(N4CCN(C(=O)c5cc(Cc6nncc7ccccc67)ccc5F)CC4)cc3)nc2n1-c1cccc(C(C)(C)O)n1. The van der Waals surface area contributed by atoms with E-state index in [1.54, 1.807) is 66.0 Å². The maximum absolute atomic E-state index is 15.0. The molecule has 3 aromatic carbocycles. The molecule has 1 saturated heterocycles. The molecule has 56 heavy (non-hydrogen) atoms. The Morgan fingerprint density at radius 3 is 2.50 bits per heavy atom. The molecule has 282 valence electrons. The second-order valence-electron chi connectivity index (χ2n) is 14.2. The van der Waals surface area contributed by atoms with Crippen molar-refractivity contribution in [3.8, 4) is 5.82 Å². The number of benzene rings is 3. The molecule has 8 rings (SSSR count). The minimum absolute atomic E-state index is 0.0492. The van der Waals surface area contributed by atoms with Crippen LogP contribution < -0.4 is 15.8 Å². The van der Waals surface area contributed by atoms with Gasteiger partial charge in [0.2, 0.25) is 5.95 Å². The topological polar surface area (TPSA) is 147 Å². The number of nitrogens with zero attached hydrogens (tertiary/aromatic N) is 9. The van der Waals surface area contributed by atoms with E-state index < -0.39 is 11.4 Å². The van der Waals surface area contributed by atoms with Crippen LogP contribution >= 0.6 is 0 Å². The molecule has 5 heterocycles. The number of rotatable bonds is 10. The highest BCUT2D eigenvalue weighted by Gasteiger charge is 2.26. The lowest BCUT2D eigenvalue weighted by atomic mass is 10.0. The Morgan fingerprint density at radius 1 is 0.946 bits per heavy atom. The monoisotopic (exact) mass is 750 g/mol. The molecule has 0 radical (unpaired) electrons. The molecule has 13 nitrogen and oxygen atoms in total. The summed E-state index contributed by atoms with van der Waals surface area (Å²) in [6.07, 6.45) is 5.24. The normalized spacial score (nSPS) is 13.4. The van der Waals surface area contributed by atoms with Crippen molar-refractivity contribution in [2.45, 2.75) is 32.4 Å². The van der Waals surface area contributed by atoms with Gasteiger partial charge in [0.1, 0.15) is 16.8 Å². The molecule has 1 aliphatic heterocycles. The molecule has 1 aliphatic rings. The molecule has 4 aromatic heterocycles. The first-order valence-corrected chi connectivity index (χ1v) is 18.3. The van der Waals surface area contributed by atoms with Gasteiger partial charge in [-0.1, -0.05) is 42.5 Å². The summed E-state index contributed by atoms with van der Waals surface area (Å²) >= 11 is 0. The van der Waals surface area contributed by atoms with Crippen molar-refractivity contribution >= 4 is 45.0 Å². The third-order valence-corrected chi connectivity index (χ3v) is 9.89. The van der Waals surface area contributed by atoms with Crippen LogP contribution in [0.1, 0.15) is 41.2 Å². The maximum atomic E-state index is 15.0. The first-order chi connectivity index (χ1) is 27.1. The highest BCUT2D eigenvalue weighted by Crippen LogP contribution is 2.26. The molecular weight excluding hydrogens is 712 g/mol. The summed E-state index contributed by atoms with van der Waals surface area (Å²) in [5.41, 5.74) is 2.61. The van der Waals surface area contributed by atoms with E-state index in [4.69, 9.17) is 4.98 Å². The molecule has 1 amide bonds. The Bertz CT molecular complexity index is 2650. The van der Waals surface area contributed by atoms with Gasteiger partial charge in [0, 0.05) is 60.9 Å². The maximum Gasteiger partial charge on any atom is 0.278 e. The van der Waals surface area contributed by atoms with E-state index in [2.05, 4.69) is 37.0 Å². The molecule has 2 N–H and O–H groups in total. The van der Waals surface area contributed by atoms with Crippen molar-refractivity contribution in [3.05, 3.63) is 149 Å². The molecule has 0 bridgehead atoms. The number of anilines is 3. The molecule has 7 aromatic rings. The Labute approximate surface area is 321 Å². The van der Waals surface area contributed by atoms with Gasteiger partial charge in [-0.25, -0.2) is 23.7 Å². The van der Waals surface area contributed by atoms with E-state index >= 15 is 4.39 Å². The van der Waals surface area contributed by atoms with Crippen LogP contribution in [0.2, 0.25) is 0 Å². The summed E-state index contributed by atoms with van der Waals surface area (Å²) in [5.74, 6) is -0.191. The number of pyridine rings is 1. The zero-order chi connectivity index (χ0) is 39.0. The number of amides is 1. The number of fused-ring (bicyclic) bond motifs is 2. The highest BCUT2D eigenvalue weighted by atomic mass is 19.1. The quantitative estimate of drug-likeness (QED) is 0.165. The van der Waals surface area contributed by atoms with Crippen molar-refractivity contribution in [3.63, 3.8) is 0 Å². The van der Waals surface area contributed by atoms with Crippen molar-refractivity contribution in [1.29, 1.82) is 0 Å². The predicted octanol–water partition coefficient (Wildman–Crippen LogP) is 5.77. The predicted molar refractivity (Wildman–Crippen MR) is 213 cm³/mol. The van der Waals surface area contributed by atoms with E-state index in [9.17, 15) is 14.7 Å². The van der Waals surface area contributed by atoms with Gasteiger partial charge >= 0.3 is 0 Å². The van der Waals surface area contributed by atoms with E-state index in [0.29, 0.717) is 55.1 Å². The van der Waals surface area contributed by atoms with Crippen molar-refractivity contribution in [1.82, 2.24) is 39.4 Å². The van der Waals surface area contributed by atoms with Crippen LogP contribution in [-0.4, -0.2) is 76.6 Å². The average molecular weight is 751 g/mol. The Balaban J connectivity index is 0.947. The Kier molecular flexibility index (Phi) is 9.56. The summed E-state index contributed by atoms with van der Waals surface area (Å²) in [6.45, 7) is 9.33. The fourth-order valence-corrected chi connectivity index (χ4v) is 6.97. The second-order valence-corrected chi connectivity index (χ2v) is 14.2. The first kappa shape index (κ1) is 36.2. The van der Waals surface area contributed by atoms with Crippen molar-refractivity contribution in [2.24, 2.45) is 0 Å². The van der Waals surface area contributed by atoms with Gasteiger partial charge in [-0.15, -0.1) is 6.58 Å². The van der Waals surface area contributed by atoms with E-state index in [1.165, 1.54) is 16.9 Å². The van der Waals surface area contributed by atoms with E-state index in [-0.39, 0.29) is 29.5 Å². The minimum Gasteiger partial charge on any atom is -0.384 e. The van der Waals surface area contributed by atoms with Gasteiger partial charge in [-0.3, -0.25) is 9.59 Å². The number of aromatic nitrogens is 7. The third kappa shape index (κ3) is 7.09. The van der Waals surface area contributed by atoms with Crippen LogP contribution in [0.25, 0.3) is 27.6 Å². The minimum atomic E-state index is -1.19. The number of halogens is 1. The van der Waals surface area contributed by atoms with Crippen LogP contribution in [0.4, 0.5) is 21.7 Å². The summed E-state index contributed by atoms with van der Waals surface area (Å²) in [4.78, 5) is 44.6. The molecule has 0 aliphatic carbocycles. The summed E-state index contributed by atoms with van der Waals surface area (Å²) < 4.78 is 18.1. The largest absolute Gasteiger partial charge is 0.384 e. The smallest absolute Gasteiger partial charge is 0.278 e.